The van der Waals surface area contributed by atoms with Gasteiger partial charge in [0.1, 0.15) is 23.0 Å². The molecule has 0 unspecified atom stereocenters. The van der Waals surface area contributed by atoms with Gasteiger partial charge in [0.05, 0.1) is 37.8 Å². The minimum Gasteiger partial charge on any atom is -0.497 e. The van der Waals surface area contributed by atoms with Gasteiger partial charge in [0, 0.05) is 32.9 Å². The number of hydrogen-bond acceptors (Lipinski definition) is 10. The second-order valence-electron chi connectivity index (χ2n) is 10.7. The SMILES string of the molecule is COc1ccc(C(=O)Oc2ccc(Br)cc2/C=N\NC(=O)CCCCCC(=O)N/N=C\c2cc(Br)ccc2OC(=O)c2ccc(OC)cc2)cc1. The van der Waals surface area contributed by atoms with E-state index in [-0.39, 0.29) is 36.2 Å². The first-order chi connectivity index (χ1) is 24.6. The van der Waals surface area contributed by atoms with Crippen LogP contribution in [-0.4, -0.2) is 50.4 Å². The van der Waals surface area contributed by atoms with Crippen LogP contribution in [0.2, 0.25) is 0 Å². The lowest BCUT2D eigenvalue weighted by atomic mass is 10.1. The quantitative estimate of drug-likeness (QED) is 0.0395. The zero-order valence-electron chi connectivity index (χ0n) is 27.7. The lowest BCUT2D eigenvalue weighted by Crippen LogP contribution is -2.18. The van der Waals surface area contributed by atoms with Crippen molar-refractivity contribution in [2.24, 2.45) is 10.2 Å². The largest absolute Gasteiger partial charge is 0.497 e. The van der Waals surface area contributed by atoms with Crippen LogP contribution in [0.3, 0.4) is 0 Å². The zero-order chi connectivity index (χ0) is 36.6. The zero-order valence-corrected chi connectivity index (χ0v) is 30.9. The smallest absolute Gasteiger partial charge is 0.343 e. The van der Waals surface area contributed by atoms with Gasteiger partial charge in [-0.05, 0) is 97.8 Å². The maximum atomic E-state index is 12.6. The Labute approximate surface area is 311 Å². The molecule has 0 spiro atoms. The van der Waals surface area contributed by atoms with Gasteiger partial charge in [-0.25, -0.2) is 20.4 Å². The highest BCUT2D eigenvalue weighted by atomic mass is 79.9. The second-order valence-corrected chi connectivity index (χ2v) is 12.6. The van der Waals surface area contributed by atoms with E-state index in [1.54, 1.807) is 84.9 Å². The maximum absolute atomic E-state index is 12.6. The van der Waals surface area contributed by atoms with Crippen LogP contribution in [0.25, 0.3) is 0 Å². The average molecular weight is 823 g/mol. The Hall–Kier alpha value is -5.34. The number of hydrogen-bond donors (Lipinski definition) is 2. The van der Waals surface area contributed by atoms with Crippen LogP contribution in [0.5, 0.6) is 23.0 Å². The molecule has 2 N–H and O–H groups in total. The van der Waals surface area contributed by atoms with E-state index in [9.17, 15) is 19.2 Å². The first kappa shape index (κ1) is 38.5. The Morgan fingerprint density at radius 2 is 0.980 bits per heavy atom. The molecule has 264 valence electrons. The van der Waals surface area contributed by atoms with E-state index in [4.69, 9.17) is 18.9 Å². The molecule has 0 fully saturated rings. The first-order valence-corrected chi connectivity index (χ1v) is 17.2. The molecule has 4 rings (SSSR count). The number of unbranched alkanes of at least 4 members (excludes halogenated alkanes) is 2. The summed E-state index contributed by atoms with van der Waals surface area (Å²) in [6, 6.07) is 23.1. The number of hydrazone groups is 2. The molecule has 0 heterocycles. The lowest BCUT2D eigenvalue weighted by molar-refractivity contribution is -0.121. The normalized spacial score (nSPS) is 10.9. The van der Waals surface area contributed by atoms with Crippen molar-refractivity contribution in [2.45, 2.75) is 32.1 Å². The highest BCUT2D eigenvalue weighted by Crippen LogP contribution is 2.25. The van der Waals surface area contributed by atoms with E-state index >= 15 is 0 Å². The fraction of sp³-hybridized carbons (Fsp3) is 0.189. The Morgan fingerprint density at radius 1 is 0.588 bits per heavy atom. The monoisotopic (exact) mass is 820 g/mol. The number of esters is 2. The molecule has 4 aromatic rings. The summed E-state index contributed by atoms with van der Waals surface area (Å²) in [5.41, 5.74) is 6.60. The number of nitrogens with one attached hydrogen (secondary N) is 2. The predicted molar refractivity (Wildman–Crippen MR) is 199 cm³/mol. The molecule has 0 aliphatic rings. The molecule has 51 heavy (non-hydrogen) atoms. The topological polar surface area (TPSA) is 154 Å². The third-order valence-electron chi connectivity index (χ3n) is 7.09. The number of carbonyl (C=O) groups excluding carboxylic acids is 4. The molecule has 0 aliphatic carbocycles. The first-order valence-electron chi connectivity index (χ1n) is 15.6. The molecule has 0 radical (unpaired) electrons. The van der Waals surface area contributed by atoms with Crippen molar-refractivity contribution in [3.05, 3.63) is 116 Å². The van der Waals surface area contributed by atoms with Crippen LogP contribution in [0, 0.1) is 0 Å². The van der Waals surface area contributed by atoms with Gasteiger partial charge in [0.25, 0.3) is 0 Å². The van der Waals surface area contributed by atoms with E-state index in [2.05, 4.69) is 52.9 Å². The number of nitrogens with zero attached hydrogens (tertiary/aromatic N) is 2. The summed E-state index contributed by atoms with van der Waals surface area (Å²) in [6.45, 7) is 0. The number of carbonyl (C=O) groups is 4. The summed E-state index contributed by atoms with van der Waals surface area (Å²) < 4.78 is 22.8. The fourth-order valence-electron chi connectivity index (χ4n) is 4.41. The van der Waals surface area contributed by atoms with Crippen molar-refractivity contribution in [1.29, 1.82) is 0 Å². The van der Waals surface area contributed by atoms with Gasteiger partial charge in [-0.1, -0.05) is 38.3 Å². The van der Waals surface area contributed by atoms with Gasteiger partial charge >= 0.3 is 11.9 Å². The molecular weight excluding hydrogens is 788 g/mol. The molecule has 4 aromatic carbocycles. The van der Waals surface area contributed by atoms with Crippen LogP contribution >= 0.6 is 31.9 Å². The molecule has 0 aromatic heterocycles. The number of halogens is 2. The molecule has 14 heteroatoms. The summed E-state index contributed by atoms with van der Waals surface area (Å²) in [6.07, 6.45) is 4.91. The van der Waals surface area contributed by atoms with Gasteiger partial charge in [-0.15, -0.1) is 0 Å². The van der Waals surface area contributed by atoms with Crippen molar-refractivity contribution in [3.8, 4) is 23.0 Å². The number of rotatable bonds is 16. The predicted octanol–water partition coefficient (Wildman–Crippen LogP) is 7.22. The Balaban J connectivity index is 1.17. The molecule has 0 atom stereocenters. The van der Waals surface area contributed by atoms with Crippen LogP contribution in [-0.2, 0) is 9.59 Å². The van der Waals surface area contributed by atoms with Gasteiger partial charge in [0.15, 0.2) is 0 Å². The molecule has 0 bridgehead atoms. The highest BCUT2D eigenvalue weighted by molar-refractivity contribution is 9.10. The molecule has 0 saturated carbocycles. The minimum absolute atomic E-state index is 0.204. The standard InChI is InChI=1S/C37H34Br2N4O8/c1-48-30-14-8-24(9-15-30)36(46)50-32-18-12-28(38)20-26(32)22-40-42-34(44)6-4-3-5-7-35(45)43-41-23-27-21-29(39)13-19-33(27)51-37(47)25-10-16-31(49-2)17-11-25/h8-23H,3-7H2,1-2H3,(H,42,44)(H,43,45)/b40-22-,41-23-. The third kappa shape index (κ3) is 12.5. The molecule has 0 saturated heterocycles. The molecule has 2 amide bonds. The Kier molecular flexibility index (Phi) is 14.9. The average Bonchev–Trinajstić information content (AvgIpc) is 3.13. The van der Waals surface area contributed by atoms with Gasteiger partial charge < -0.3 is 18.9 Å². The summed E-state index contributed by atoms with van der Waals surface area (Å²) in [4.78, 5) is 49.9. The van der Waals surface area contributed by atoms with Gasteiger partial charge in [0.2, 0.25) is 11.8 Å². The van der Waals surface area contributed by atoms with Crippen LogP contribution < -0.4 is 29.8 Å². The van der Waals surface area contributed by atoms with Crippen molar-refractivity contribution >= 4 is 68.0 Å². The van der Waals surface area contributed by atoms with Crippen molar-refractivity contribution in [1.82, 2.24) is 10.9 Å². The number of ether oxygens (including phenoxy) is 4. The number of methoxy groups -OCH3 is 2. The molecule has 0 aliphatic heterocycles. The Bertz CT molecular complexity index is 1760. The van der Waals surface area contributed by atoms with E-state index in [0.717, 1.165) is 8.95 Å². The summed E-state index contributed by atoms with van der Waals surface area (Å²) in [5, 5.41) is 8.03. The van der Waals surface area contributed by atoms with Crippen LogP contribution in [0.4, 0.5) is 0 Å². The van der Waals surface area contributed by atoms with Crippen molar-refractivity contribution in [2.75, 3.05) is 14.2 Å². The van der Waals surface area contributed by atoms with E-state index in [1.807, 2.05) is 0 Å². The van der Waals surface area contributed by atoms with Crippen molar-refractivity contribution in [3.63, 3.8) is 0 Å². The Morgan fingerprint density at radius 3 is 1.35 bits per heavy atom. The summed E-state index contributed by atoms with van der Waals surface area (Å²) in [5.74, 6) is 0.0605. The minimum atomic E-state index is -0.554. The number of benzene rings is 4. The summed E-state index contributed by atoms with van der Waals surface area (Å²) >= 11 is 6.78. The van der Waals surface area contributed by atoms with Gasteiger partial charge in [-0.3, -0.25) is 9.59 Å². The van der Waals surface area contributed by atoms with Gasteiger partial charge in [-0.2, -0.15) is 10.2 Å². The van der Waals surface area contributed by atoms with E-state index in [1.165, 1.54) is 26.6 Å². The van der Waals surface area contributed by atoms with Crippen LogP contribution in [0.15, 0.2) is 104 Å². The molecular formula is C37H34Br2N4O8. The second kappa shape index (κ2) is 19.7. The fourth-order valence-corrected chi connectivity index (χ4v) is 5.16. The molecule has 12 nitrogen and oxygen atoms in total. The van der Waals surface area contributed by atoms with Crippen molar-refractivity contribution < 1.29 is 38.1 Å². The van der Waals surface area contributed by atoms with E-state index in [0.29, 0.717) is 53.0 Å². The van der Waals surface area contributed by atoms with Crippen LogP contribution in [0.1, 0.15) is 63.9 Å². The third-order valence-corrected chi connectivity index (χ3v) is 8.08. The highest BCUT2D eigenvalue weighted by Gasteiger charge is 2.14. The maximum Gasteiger partial charge on any atom is 0.343 e. The van der Waals surface area contributed by atoms with E-state index < -0.39 is 11.9 Å². The summed E-state index contributed by atoms with van der Waals surface area (Å²) in [7, 11) is 3.08. The lowest BCUT2D eigenvalue weighted by Gasteiger charge is -2.09. The number of amides is 2.